The van der Waals surface area contributed by atoms with Crippen molar-refractivity contribution < 1.29 is 28.2 Å². The molecular formula is C32H31ClF2N8O4. The summed E-state index contributed by atoms with van der Waals surface area (Å²) < 4.78 is 36.1. The zero-order valence-electron chi connectivity index (χ0n) is 25.1. The molecule has 2 amide bonds. The minimum atomic E-state index is -1.21. The third-order valence-corrected chi connectivity index (χ3v) is 8.74. The molecule has 2 aliphatic rings. The smallest absolute Gasteiger partial charge is 0.255 e. The number of hydrogen-bond acceptors (Lipinski definition) is 9. The number of nitrogens with zero attached hydrogens (tertiary/aromatic N) is 6. The quantitative estimate of drug-likeness (QED) is 0.257. The summed E-state index contributed by atoms with van der Waals surface area (Å²) in [5.74, 6) is -2.75. The minimum Gasteiger partial charge on any atom is -0.476 e. The lowest BCUT2D eigenvalue weighted by atomic mass is 9.94. The Labute approximate surface area is 273 Å². The number of imidazole rings is 1. The first-order chi connectivity index (χ1) is 22.8. The highest BCUT2D eigenvalue weighted by molar-refractivity contribution is 6.34. The number of nitriles is 1. The minimum absolute atomic E-state index is 0.0243. The summed E-state index contributed by atoms with van der Waals surface area (Å²) in [6.45, 7) is 2.13. The number of fused-ring (bicyclic) bond motifs is 1. The molecule has 0 saturated carbocycles. The fourth-order valence-corrected chi connectivity index (χ4v) is 6.23. The number of carbonyl (C=O) groups is 2. The summed E-state index contributed by atoms with van der Waals surface area (Å²) in [5, 5.41) is 24.6. The van der Waals surface area contributed by atoms with Crippen LogP contribution < -0.4 is 15.4 Å². The first kappa shape index (κ1) is 32.1. The number of hydrogen-bond donors (Lipinski definition) is 3. The molecule has 4 heterocycles. The van der Waals surface area contributed by atoms with Crippen LogP contribution >= 0.6 is 11.6 Å². The van der Waals surface area contributed by atoms with Crippen LogP contribution in [-0.4, -0.2) is 93.1 Å². The molecule has 1 atom stereocenters. The maximum Gasteiger partial charge on any atom is 0.255 e. The van der Waals surface area contributed by atoms with E-state index in [0.717, 1.165) is 0 Å². The van der Waals surface area contributed by atoms with E-state index in [1.165, 1.54) is 24.5 Å². The molecule has 244 valence electrons. The molecule has 0 bridgehead atoms. The molecule has 0 unspecified atom stereocenters. The first-order valence-electron chi connectivity index (χ1n) is 15.1. The Hall–Kier alpha value is -4.84. The van der Waals surface area contributed by atoms with Crippen molar-refractivity contribution in [3.63, 3.8) is 0 Å². The van der Waals surface area contributed by atoms with Gasteiger partial charge in [0.05, 0.1) is 29.1 Å². The highest BCUT2D eigenvalue weighted by Gasteiger charge is 2.33. The average molecular weight is 665 g/mol. The molecule has 15 heteroatoms. The van der Waals surface area contributed by atoms with Crippen molar-refractivity contribution in [3.05, 3.63) is 71.1 Å². The third-order valence-electron chi connectivity index (χ3n) is 8.42. The molecule has 6 rings (SSSR count). The van der Waals surface area contributed by atoms with Crippen LogP contribution in [0.25, 0.3) is 16.9 Å². The first-order valence-corrected chi connectivity index (χ1v) is 15.5. The number of carbonyl (C=O) groups excluding carboxylic acids is 2. The second-order valence-electron chi connectivity index (χ2n) is 11.3. The number of likely N-dealkylation sites (tertiary alicyclic amines) is 1. The number of benzene rings is 2. The summed E-state index contributed by atoms with van der Waals surface area (Å²) in [5.41, 5.74) is 1.38. The number of piperidine rings is 1. The Bertz CT molecular complexity index is 1860. The van der Waals surface area contributed by atoms with Gasteiger partial charge >= 0.3 is 0 Å². The molecule has 2 aromatic heterocycles. The van der Waals surface area contributed by atoms with Crippen molar-refractivity contribution >= 4 is 40.6 Å². The number of ether oxygens (including phenoxy) is 1. The van der Waals surface area contributed by atoms with E-state index in [9.17, 15) is 23.5 Å². The van der Waals surface area contributed by atoms with E-state index in [-0.39, 0.29) is 52.4 Å². The lowest BCUT2D eigenvalue weighted by Crippen LogP contribution is -2.56. The molecule has 47 heavy (non-hydrogen) atoms. The average Bonchev–Trinajstić information content (AvgIpc) is 3.53. The Balaban J connectivity index is 1.13. The fourth-order valence-electron chi connectivity index (χ4n) is 5.97. The van der Waals surface area contributed by atoms with Crippen LogP contribution in [0.5, 0.6) is 5.75 Å². The van der Waals surface area contributed by atoms with Gasteiger partial charge in [0, 0.05) is 68.3 Å². The molecule has 2 fully saturated rings. The maximum atomic E-state index is 15.0. The summed E-state index contributed by atoms with van der Waals surface area (Å²) in [6, 6.07) is 9.08. The molecule has 0 spiro atoms. The van der Waals surface area contributed by atoms with Crippen LogP contribution in [0.15, 0.2) is 48.9 Å². The zero-order valence-corrected chi connectivity index (χ0v) is 25.9. The van der Waals surface area contributed by atoms with Crippen LogP contribution in [0.4, 0.5) is 20.3 Å². The third kappa shape index (κ3) is 6.55. The molecule has 3 N–H and O–H groups in total. The predicted octanol–water partition coefficient (Wildman–Crippen LogP) is 3.62. The Kier molecular flexibility index (Phi) is 9.48. The van der Waals surface area contributed by atoms with Gasteiger partial charge in [-0.25, -0.2) is 14.4 Å². The van der Waals surface area contributed by atoms with Gasteiger partial charge in [-0.2, -0.15) is 9.65 Å². The lowest BCUT2D eigenvalue weighted by molar-refractivity contribution is -0.138. The standard InChI is InChI=1S/C32H31ClF2N8O4/c33-24-15-20(1-2-22(24)32(46)41-10-5-19(6-11-41)31(45)42-12-8-37-21(17-42)18-44)40-29-30-39-16-25(43(30)13-9-38-29)23-3-4-26(47-14-7-36)28(35)27(23)34/h1-4,9,13,15-16,19,21,37,44H,5-6,8,10-12,14,17-18H2,(H,38,40)/t21-/m1/s1. The largest absolute Gasteiger partial charge is 0.476 e. The monoisotopic (exact) mass is 664 g/mol. The van der Waals surface area contributed by atoms with Crippen LogP contribution in [0.2, 0.25) is 5.02 Å². The highest BCUT2D eigenvalue weighted by Crippen LogP contribution is 2.32. The molecule has 0 aliphatic carbocycles. The van der Waals surface area contributed by atoms with Gasteiger partial charge in [-0.05, 0) is 43.2 Å². The Morgan fingerprint density at radius 3 is 2.68 bits per heavy atom. The normalized spacial score (nSPS) is 17.0. The number of amides is 2. The maximum absolute atomic E-state index is 15.0. The number of nitrogens with one attached hydrogen (secondary N) is 2. The zero-order chi connectivity index (χ0) is 33.1. The molecule has 2 saturated heterocycles. The fraction of sp³-hybridized carbons (Fsp3) is 0.344. The Morgan fingerprint density at radius 1 is 1.13 bits per heavy atom. The van der Waals surface area contributed by atoms with E-state index in [0.29, 0.717) is 68.3 Å². The van der Waals surface area contributed by atoms with Crippen LogP contribution in [0.1, 0.15) is 23.2 Å². The van der Waals surface area contributed by atoms with Crippen molar-refractivity contribution in [2.45, 2.75) is 18.9 Å². The van der Waals surface area contributed by atoms with Crippen LogP contribution in [0.3, 0.4) is 0 Å². The predicted molar refractivity (Wildman–Crippen MR) is 168 cm³/mol. The van der Waals surface area contributed by atoms with Crippen molar-refractivity contribution in [3.8, 4) is 23.1 Å². The molecule has 2 aromatic carbocycles. The number of piperazine rings is 1. The van der Waals surface area contributed by atoms with E-state index in [4.69, 9.17) is 21.6 Å². The lowest BCUT2D eigenvalue weighted by Gasteiger charge is -2.38. The van der Waals surface area contributed by atoms with Gasteiger partial charge in [-0.3, -0.25) is 14.0 Å². The number of aliphatic hydroxyl groups is 1. The van der Waals surface area contributed by atoms with Crippen LogP contribution in [-0.2, 0) is 4.79 Å². The number of rotatable bonds is 8. The van der Waals surface area contributed by atoms with Gasteiger partial charge in [0.2, 0.25) is 11.7 Å². The summed E-state index contributed by atoms with van der Waals surface area (Å²) in [7, 11) is 0. The second kappa shape index (κ2) is 13.9. The molecule has 12 nitrogen and oxygen atoms in total. The summed E-state index contributed by atoms with van der Waals surface area (Å²) in [4.78, 5) is 38.6. The van der Waals surface area contributed by atoms with E-state index < -0.39 is 18.2 Å². The van der Waals surface area contributed by atoms with Gasteiger partial charge in [-0.15, -0.1) is 0 Å². The van der Waals surface area contributed by atoms with Gasteiger partial charge < -0.3 is 30.3 Å². The number of aromatic nitrogens is 3. The van der Waals surface area contributed by atoms with Gasteiger partial charge in [0.15, 0.2) is 29.6 Å². The van der Waals surface area contributed by atoms with Gasteiger partial charge in [-0.1, -0.05) is 11.6 Å². The second-order valence-corrected chi connectivity index (χ2v) is 11.7. The number of anilines is 2. The van der Waals surface area contributed by atoms with E-state index >= 15 is 0 Å². The van der Waals surface area contributed by atoms with Crippen molar-refractivity contribution in [1.29, 1.82) is 5.26 Å². The van der Waals surface area contributed by atoms with E-state index in [1.54, 1.807) is 44.7 Å². The van der Waals surface area contributed by atoms with Crippen molar-refractivity contribution in [1.82, 2.24) is 29.5 Å². The van der Waals surface area contributed by atoms with Crippen LogP contribution in [0, 0.1) is 28.9 Å². The van der Waals surface area contributed by atoms with Gasteiger partial charge in [0.1, 0.15) is 6.07 Å². The number of aliphatic hydroxyl groups excluding tert-OH is 1. The Morgan fingerprint density at radius 2 is 1.94 bits per heavy atom. The van der Waals surface area contributed by atoms with E-state index in [1.807, 2.05) is 0 Å². The van der Waals surface area contributed by atoms with Gasteiger partial charge in [0.25, 0.3) is 5.91 Å². The summed E-state index contributed by atoms with van der Waals surface area (Å²) >= 11 is 6.58. The van der Waals surface area contributed by atoms with E-state index in [2.05, 4.69) is 20.6 Å². The molecular weight excluding hydrogens is 634 g/mol. The highest BCUT2D eigenvalue weighted by atomic mass is 35.5. The molecule has 0 radical (unpaired) electrons. The molecule has 4 aromatic rings. The van der Waals surface area contributed by atoms with Crippen molar-refractivity contribution in [2.24, 2.45) is 5.92 Å². The number of halogens is 3. The topological polar surface area (TPSA) is 148 Å². The molecule has 2 aliphatic heterocycles. The van der Waals surface area contributed by atoms with Crippen molar-refractivity contribution in [2.75, 3.05) is 51.3 Å². The SMILES string of the molecule is N#CCOc1ccc(-c2cnc3c(Nc4ccc(C(=O)N5CCC(C(=O)N6CCN[C@@H](CO)C6)CC5)c(Cl)c4)nccn23)c(F)c1F. The summed E-state index contributed by atoms with van der Waals surface area (Å²) in [6.07, 6.45) is 5.51.